The first-order valence-corrected chi connectivity index (χ1v) is 8.52. The highest BCUT2D eigenvalue weighted by Gasteiger charge is 2.34. The molecule has 0 atom stereocenters. The minimum Gasteiger partial charge on any atom is -0.393 e. The molecule has 106 valence electrons. The molecule has 0 aliphatic heterocycles. The number of hydrogen-bond acceptors (Lipinski definition) is 3. The summed E-state index contributed by atoms with van der Waals surface area (Å²) in [6.07, 6.45) is 4.10. The maximum Gasteiger partial charge on any atom is 0.217 e. The molecule has 1 aliphatic carbocycles. The predicted octanol–water partition coefficient (Wildman–Crippen LogP) is 1.89. The van der Waals surface area contributed by atoms with Crippen LogP contribution in [-0.4, -0.2) is 36.1 Å². The molecule has 0 spiro atoms. The summed E-state index contributed by atoms with van der Waals surface area (Å²) in [4.78, 5) is 0.380. The van der Waals surface area contributed by atoms with E-state index in [2.05, 4.69) is 0 Å². The molecule has 0 heterocycles. The molecule has 0 aromatic heterocycles. The summed E-state index contributed by atoms with van der Waals surface area (Å²) in [7, 11) is -3.17. The van der Waals surface area contributed by atoms with Gasteiger partial charge in [-0.1, -0.05) is 38.9 Å². The average Bonchev–Trinajstić information content (AvgIpc) is 2.76. The van der Waals surface area contributed by atoms with Crippen LogP contribution in [0.3, 0.4) is 0 Å². The summed E-state index contributed by atoms with van der Waals surface area (Å²) >= 11 is 4.84. The molecule has 6 heteroatoms. The number of rotatable bonds is 7. The van der Waals surface area contributed by atoms with Crippen molar-refractivity contribution >= 4 is 27.2 Å². The molecule has 0 bridgehead atoms. The molecule has 2 N–H and O–H groups in total. The van der Waals surface area contributed by atoms with Gasteiger partial charge in [0.25, 0.3) is 0 Å². The molecule has 0 aromatic carbocycles. The van der Waals surface area contributed by atoms with E-state index in [4.69, 9.17) is 18.0 Å². The lowest BCUT2D eigenvalue weighted by Crippen LogP contribution is -2.41. The molecule has 0 radical (unpaired) electrons. The van der Waals surface area contributed by atoms with Gasteiger partial charge in [-0.3, -0.25) is 0 Å². The van der Waals surface area contributed by atoms with Crippen molar-refractivity contribution in [3.8, 4) is 0 Å². The van der Waals surface area contributed by atoms with Crippen molar-refractivity contribution in [2.24, 2.45) is 11.7 Å². The molecule has 1 rings (SSSR count). The zero-order valence-electron chi connectivity index (χ0n) is 11.3. The van der Waals surface area contributed by atoms with Crippen molar-refractivity contribution in [2.75, 3.05) is 13.1 Å². The Morgan fingerprint density at radius 2 is 1.94 bits per heavy atom. The third-order valence-electron chi connectivity index (χ3n) is 3.26. The van der Waals surface area contributed by atoms with Crippen molar-refractivity contribution in [3.05, 3.63) is 0 Å². The highest BCUT2D eigenvalue weighted by Crippen LogP contribution is 2.27. The summed E-state index contributed by atoms with van der Waals surface area (Å²) in [5.41, 5.74) is 5.48. The lowest BCUT2D eigenvalue weighted by molar-refractivity contribution is 0.369. The summed E-state index contributed by atoms with van der Waals surface area (Å²) in [6.45, 7) is 5.03. The Bertz CT molecular complexity index is 374. The van der Waals surface area contributed by atoms with Gasteiger partial charge in [-0.15, -0.1) is 0 Å². The summed E-state index contributed by atoms with van der Waals surface area (Å²) < 4.78 is 26.6. The van der Waals surface area contributed by atoms with Crippen LogP contribution in [0.4, 0.5) is 0 Å². The first kappa shape index (κ1) is 15.9. The zero-order chi connectivity index (χ0) is 13.8. The van der Waals surface area contributed by atoms with E-state index in [9.17, 15) is 8.42 Å². The van der Waals surface area contributed by atoms with Crippen molar-refractivity contribution in [3.63, 3.8) is 0 Å². The quantitative estimate of drug-likeness (QED) is 0.728. The summed E-state index contributed by atoms with van der Waals surface area (Å²) in [6, 6.07) is 0. The average molecular weight is 292 g/mol. The molecule has 0 saturated heterocycles. The molecular formula is C12H24N2O2S2. The number of hydrogen-bond donors (Lipinski definition) is 1. The van der Waals surface area contributed by atoms with Crippen LogP contribution in [0.25, 0.3) is 0 Å². The zero-order valence-corrected chi connectivity index (χ0v) is 12.9. The fourth-order valence-corrected chi connectivity index (χ4v) is 4.66. The normalized spacial score (nSPS) is 17.8. The van der Waals surface area contributed by atoms with Crippen molar-refractivity contribution in [1.29, 1.82) is 0 Å². The minimum atomic E-state index is -3.17. The van der Waals surface area contributed by atoms with Crippen LogP contribution in [0, 0.1) is 5.92 Å². The molecule has 1 aliphatic rings. The Kier molecular flexibility index (Phi) is 6.01. The van der Waals surface area contributed by atoms with Gasteiger partial charge in [-0.05, 0) is 18.8 Å². The fraction of sp³-hybridized carbons (Fsp3) is 0.917. The number of thiocarbonyl (C=S) groups is 1. The monoisotopic (exact) mass is 292 g/mol. The fourth-order valence-electron chi connectivity index (χ4n) is 2.36. The maximum absolute atomic E-state index is 12.5. The summed E-state index contributed by atoms with van der Waals surface area (Å²) in [5.74, 6) is 0.313. The standard InChI is InChI=1S/C12H24N2O2S2/c1-10(2)9-14(8-7-12(13)17)18(15,16)11-5-3-4-6-11/h10-11H,3-9H2,1-2H3,(H2,13,17). The molecule has 1 saturated carbocycles. The second-order valence-electron chi connectivity index (χ2n) is 5.42. The van der Waals surface area contributed by atoms with Gasteiger partial charge in [0.1, 0.15) is 0 Å². The lowest BCUT2D eigenvalue weighted by atomic mass is 10.2. The molecule has 0 amide bonds. The second-order valence-corrected chi connectivity index (χ2v) is 8.16. The largest absolute Gasteiger partial charge is 0.393 e. The van der Waals surface area contributed by atoms with E-state index in [1.54, 1.807) is 4.31 Å². The van der Waals surface area contributed by atoms with Crippen LogP contribution in [0.15, 0.2) is 0 Å². The van der Waals surface area contributed by atoms with Gasteiger partial charge < -0.3 is 5.73 Å². The molecule has 1 fully saturated rings. The van der Waals surface area contributed by atoms with E-state index in [-0.39, 0.29) is 5.25 Å². The van der Waals surface area contributed by atoms with E-state index in [1.165, 1.54) is 0 Å². The molecule has 0 aromatic rings. The van der Waals surface area contributed by atoms with Gasteiger partial charge in [0.05, 0.1) is 10.2 Å². The molecule has 0 unspecified atom stereocenters. The van der Waals surface area contributed by atoms with E-state index < -0.39 is 10.0 Å². The Morgan fingerprint density at radius 3 is 2.39 bits per heavy atom. The Balaban J connectivity index is 2.76. The van der Waals surface area contributed by atoms with Crippen LogP contribution < -0.4 is 5.73 Å². The van der Waals surface area contributed by atoms with Crippen LogP contribution in [0.1, 0.15) is 46.0 Å². The van der Waals surface area contributed by atoms with Crippen LogP contribution in [-0.2, 0) is 10.0 Å². The first-order valence-electron chi connectivity index (χ1n) is 6.61. The van der Waals surface area contributed by atoms with E-state index >= 15 is 0 Å². The second kappa shape index (κ2) is 6.82. The van der Waals surface area contributed by atoms with E-state index in [1.807, 2.05) is 13.8 Å². The van der Waals surface area contributed by atoms with Crippen molar-refractivity contribution < 1.29 is 8.42 Å². The van der Waals surface area contributed by atoms with Crippen LogP contribution in [0.2, 0.25) is 0 Å². The number of nitrogens with two attached hydrogens (primary N) is 1. The first-order chi connectivity index (χ1) is 8.34. The van der Waals surface area contributed by atoms with Gasteiger partial charge in [-0.2, -0.15) is 0 Å². The smallest absolute Gasteiger partial charge is 0.217 e. The molecule has 18 heavy (non-hydrogen) atoms. The van der Waals surface area contributed by atoms with Gasteiger partial charge in [0.15, 0.2) is 0 Å². The summed E-state index contributed by atoms with van der Waals surface area (Å²) in [5, 5.41) is -0.192. The third kappa shape index (κ3) is 4.48. The lowest BCUT2D eigenvalue weighted by Gasteiger charge is -2.27. The molecule has 4 nitrogen and oxygen atoms in total. The number of nitrogens with zero attached hydrogens (tertiary/aromatic N) is 1. The van der Waals surface area contributed by atoms with Gasteiger partial charge in [-0.25, -0.2) is 12.7 Å². The SMILES string of the molecule is CC(C)CN(CCC(N)=S)S(=O)(=O)C1CCCC1. The van der Waals surface area contributed by atoms with Gasteiger partial charge >= 0.3 is 0 Å². The predicted molar refractivity (Wildman–Crippen MR) is 79.0 cm³/mol. The third-order valence-corrected chi connectivity index (χ3v) is 5.83. The highest BCUT2D eigenvalue weighted by atomic mass is 32.2. The Hall–Kier alpha value is -0.200. The van der Waals surface area contributed by atoms with Crippen LogP contribution in [0.5, 0.6) is 0 Å². The van der Waals surface area contributed by atoms with Gasteiger partial charge in [0, 0.05) is 19.5 Å². The van der Waals surface area contributed by atoms with Crippen LogP contribution >= 0.6 is 12.2 Å². The Morgan fingerprint density at radius 1 is 1.39 bits per heavy atom. The maximum atomic E-state index is 12.5. The van der Waals surface area contributed by atoms with E-state index in [0.717, 1.165) is 25.7 Å². The molecular weight excluding hydrogens is 268 g/mol. The number of sulfonamides is 1. The van der Waals surface area contributed by atoms with E-state index in [0.29, 0.717) is 30.4 Å². The highest BCUT2D eigenvalue weighted by molar-refractivity contribution is 7.89. The van der Waals surface area contributed by atoms with Crippen molar-refractivity contribution in [1.82, 2.24) is 4.31 Å². The Labute approximate surface area is 116 Å². The van der Waals surface area contributed by atoms with Gasteiger partial charge in [0.2, 0.25) is 10.0 Å². The topological polar surface area (TPSA) is 63.4 Å². The van der Waals surface area contributed by atoms with Crippen molar-refractivity contribution in [2.45, 2.75) is 51.2 Å². The minimum absolute atomic E-state index is 0.192.